The van der Waals surface area contributed by atoms with E-state index in [0.29, 0.717) is 19.8 Å². The molecule has 0 N–H and O–H groups in total. The van der Waals surface area contributed by atoms with Crippen molar-refractivity contribution in [2.75, 3.05) is 13.2 Å². The van der Waals surface area contributed by atoms with Gasteiger partial charge in [0.25, 0.3) is 0 Å². The Morgan fingerprint density at radius 2 is 2.13 bits per heavy atom. The van der Waals surface area contributed by atoms with Crippen molar-refractivity contribution in [1.29, 1.82) is 0 Å². The molecule has 0 spiro atoms. The topological polar surface area (TPSA) is 35.5 Å². The van der Waals surface area contributed by atoms with E-state index in [1.165, 1.54) is 5.56 Å². The summed E-state index contributed by atoms with van der Waals surface area (Å²) in [6.45, 7) is 2.02. The number of nitrogens with zero attached hydrogens (tertiary/aromatic N) is 1. The van der Waals surface area contributed by atoms with Gasteiger partial charge in [0.15, 0.2) is 0 Å². The van der Waals surface area contributed by atoms with E-state index >= 15 is 0 Å². The van der Waals surface area contributed by atoms with Crippen molar-refractivity contribution in [3.05, 3.63) is 41.1 Å². The van der Waals surface area contributed by atoms with Gasteiger partial charge in [0, 0.05) is 12.6 Å². The number of hydrogen-bond donors (Lipinski definition) is 0. The average Bonchev–Trinajstić information content (AvgIpc) is 2.28. The minimum absolute atomic E-state index is 0.209. The molecule has 0 saturated carbocycles. The smallest absolute Gasteiger partial charge is 0.0716 e. The molecule has 0 aliphatic carbocycles. The number of hydroxylamine groups is 2. The molecule has 1 aromatic carbocycles. The molecule has 1 atom stereocenters. The van der Waals surface area contributed by atoms with Crippen LogP contribution in [0.25, 0.3) is 0 Å². The molecular weight excluding hydrogens is 190 g/mol. The zero-order valence-electron chi connectivity index (χ0n) is 8.76. The second kappa shape index (κ2) is 5.26. The van der Waals surface area contributed by atoms with Gasteiger partial charge < -0.3 is 15.0 Å². The molecule has 1 aromatic rings. The highest BCUT2D eigenvalue weighted by atomic mass is 16.5. The van der Waals surface area contributed by atoms with Crippen LogP contribution in [0.1, 0.15) is 18.4 Å². The lowest BCUT2D eigenvalue weighted by molar-refractivity contribution is 0.0696. The Labute approximate surface area is 90.2 Å². The first-order valence-electron chi connectivity index (χ1n) is 5.42. The predicted molar refractivity (Wildman–Crippen MR) is 59.2 cm³/mol. The summed E-state index contributed by atoms with van der Waals surface area (Å²) < 4.78 is 5.51. The average molecular weight is 206 g/mol. The van der Waals surface area contributed by atoms with E-state index in [1.807, 2.05) is 30.3 Å². The minimum atomic E-state index is 0.209. The van der Waals surface area contributed by atoms with Gasteiger partial charge in [-0.15, -0.1) is 0 Å². The van der Waals surface area contributed by atoms with E-state index in [9.17, 15) is 5.21 Å². The van der Waals surface area contributed by atoms with E-state index in [2.05, 4.69) is 0 Å². The van der Waals surface area contributed by atoms with Crippen LogP contribution < -0.4 is 0 Å². The van der Waals surface area contributed by atoms with Crippen molar-refractivity contribution in [2.24, 2.45) is 0 Å². The largest absolute Gasteiger partial charge is 0.785 e. The lowest BCUT2D eigenvalue weighted by Crippen LogP contribution is -2.43. The first-order valence-corrected chi connectivity index (χ1v) is 5.42. The van der Waals surface area contributed by atoms with E-state index in [0.717, 1.165) is 17.9 Å². The van der Waals surface area contributed by atoms with Gasteiger partial charge in [-0.2, -0.15) is 0 Å². The zero-order valence-corrected chi connectivity index (χ0v) is 8.76. The predicted octanol–water partition coefficient (Wildman–Crippen LogP) is 2.17. The van der Waals surface area contributed by atoms with Gasteiger partial charge in [-0.05, 0) is 24.9 Å². The fourth-order valence-electron chi connectivity index (χ4n) is 1.69. The SMILES string of the molecule is [O-]N1CCC1CCOCc1ccccc1. The number of hydrogen-bond acceptors (Lipinski definition) is 3. The van der Waals surface area contributed by atoms with Gasteiger partial charge >= 0.3 is 0 Å². The minimum Gasteiger partial charge on any atom is -0.785 e. The van der Waals surface area contributed by atoms with Crippen LogP contribution in [-0.4, -0.2) is 24.3 Å². The Morgan fingerprint density at radius 1 is 1.33 bits per heavy atom. The number of rotatable bonds is 5. The maximum atomic E-state index is 11.0. The Bertz CT molecular complexity index is 289. The molecule has 0 bridgehead atoms. The van der Waals surface area contributed by atoms with Crippen LogP contribution in [-0.2, 0) is 11.3 Å². The third kappa shape index (κ3) is 3.02. The van der Waals surface area contributed by atoms with E-state index in [1.54, 1.807) is 0 Å². The third-order valence-electron chi connectivity index (χ3n) is 2.80. The van der Waals surface area contributed by atoms with Crippen LogP contribution in [0.3, 0.4) is 0 Å². The molecule has 1 fully saturated rings. The maximum Gasteiger partial charge on any atom is 0.0716 e. The molecule has 1 aliphatic heterocycles. The summed E-state index contributed by atoms with van der Waals surface area (Å²) in [7, 11) is 0. The second-order valence-electron chi connectivity index (χ2n) is 3.91. The molecule has 3 nitrogen and oxygen atoms in total. The summed E-state index contributed by atoms with van der Waals surface area (Å²) in [5.41, 5.74) is 1.19. The summed E-state index contributed by atoms with van der Waals surface area (Å²) in [5, 5.41) is 12.1. The zero-order chi connectivity index (χ0) is 10.5. The van der Waals surface area contributed by atoms with Crippen molar-refractivity contribution in [3.63, 3.8) is 0 Å². The van der Waals surface area contributed by atoms with Crippen LogP contribution in [0.2, 0.25) is 0 Å². The fourth-order valence-corrected chi connectivity index (χ4v) is 1.69. The highest BCUT2D eigenvalue weighted by Crippen LogP contribution is 2.18. The van der Waals surface area contributed by atoms with Crippen molar-refractivity contribution in [3.8, 4) is 0 Å². The van der Waals surface area contributed by atoms with Gasteiger partial charge in [0.2, 0.25) is 0 Å². The van der Waals surface area contributed by atoms with Gasteiger partial charge in [-0.1, -0.05) is 30.3 Å². The number of ether oxygens (including phenoxy) is 1. The molecule has 1 saturated heterocycles. The molecule has 0 amide bonds. The lowest BCUT2D eigenvalue weighted by atomic mass is 10.0. The molecule has 3 heteroatoms. The van der Waals surface area contributed by atoms with Crippen LogP contribution in [0, 0.1) is 5.21 Å². The molecule has 0 aromatic heterocycles. The first-order chi connectivity index (χ1) is 7.36. The second-order valence-corrected chi connectivity index (χ2v) is 3.91. The Kier molecular flexibility index (Phi) is 3.72. The number of benzene rings is 1. The molecule has 1 heterocycles. The van der Waals surface area contributed by atoms with Gasteiger partial charge in [0.1, 0.15) is 0 Å². The summed E-state index contributed by atoms with van der Waals surface area (Å²) >= 11 is 0. The third-order valence-corrected chi connectivity index (χ3v) is 2.80. The van der Waals surface area contributed by atoms with E-state index in [-0.39, 0.29) is 6.04 Å². The van der Waals surface area contributed by atoms with Gasteiger partial charge in [-0.25, -0.2) is 0 Å². The van der Waals surface area contributed by atoms with Crippen LogP contribution in [0.4, 0.5) is 0 Å². The van der Waals surface area contributed by atoms with Crippen LogP contribution >= 0.6 is 0 Å². The summed E-state index contributed by atoms with van der Waals surface area (Å²) in [4.78, 5) is 0. The van der Waals surface area contributed by atoms with E-state index in [4.69, 9.17) is 4.74 Å². The standard InChI is InChI=1S/C12H16NO2/c14-13-8-6-12(13)7-9-15-10-11-4-2-1-3-5-11/h1-5,12H,6-10H2/q-1. The molecule has 0 radical (unpaired) electrons. The van der Waals surface area contributed by atoms with Crippen molar-refractivity contribution < 1.29 is 4.74 Å². The van der Waals surface area contributed by atoms with Gasteiger partial charge in [0.05, 0.1) is 6.61 Å². The molecule has 1 unspecified atom stereocenters. The normalized spacial score (nSPS) is 21.3. The fraction of sp³-hybridized carbons (Fsp3) is 0.500. The van der Waals surface area contributed by atoms with Crippen molar-refractivity contribution in [1.82, 2.24) is 5.06 Å². The molecule has 2 rings (SSSR count). The molecular formula is C12H16NO2-. The Hall–Kier alpha value is -0.900. The van der Waals surface area contributed by atoms with Crippen molar-refractivity contribution >= 4 is 0 Å². The Balaban J connectivity index is 1.59. The molecule has 82 valence electrons. The van der Waals surface area contributed by atoms with E-state index < -0.39 is 0 Å². The van der Waals surface area contributed by atoms with Crippen LogP contribution in [0.5, 0.6) is 0 Å². The quantitative estimate of drug-likeness (QED) is 0.692. The highest BCUT2D eigenvalue weighted by molar-refractivity contribution is 5.13. The lowest BCUT2D eigenvalue weighted by Gasteiger charge is -2.46. The maximum absolute atomic E-state index is 11.0. The highest BCUT2D eigenvalue weighted by Gasteiger charge is 2.18. The van der Waals surface area contributed by atoms with Crippen LogP contribution in [0.15, 0.2) is 30.3 Å². The first kappa shape index (κ1) is 10.6. The van der Waals surface area contributed by atoms with Gasteiger partial charge in [-0.3, -0.25) is 0 Å². The Morgan fingerprint density at radius 3 is 2.73 bits per heavy atom. The monoisotopic (exact) mass is 206 g/mol. The summed E-state index contributed by atoms with van der Waals surface area (Å²) in [6.07, 6.45) is 1.88. The summed E-state index contributed by atoms with van der Waals surface area (Å²) in [5.74, 6) is 0. The summed E-state index contributed by atoms with van der Waals surface area (Å²) in [6, 6.07) is 10.3. The molecule has 1 aliphatic rings. The molecule has 15 heavy (non-hydrogen) atoms. The van der Waals surface area contributed by atoms with Crippen molar-refractivity contribution in [2.45, 2.75) is 25.5 Å².